The third-order valence-electron chi connectivity index (χ3n) is 10.1. The number of carbonyl (C=O) groups excluding carboxylic acids is 2. The van der Waals surface area contributed by atoms with Crippen molar-refractivity contribution in [2.24, 2.45) is 5.92 Å². The van der Waals surface area contributed by atoms with Gasteiger partial charge in [-0.05, 0) is 42.7 Å². The van der Waals surface area contributed by atoms with E-state index in [4.69, 9.17) is 0 Å². The van der Waals surface area contributed by atoms with Crippen molar-refractivity contribution in [2.45, 2.75) is 187 Å². The Morgan fingerprint density at radius 1 is 0.558 bits per heavy atom. The van der Waals surface area contributed by atoms with Crippen molar-refractivity contribution in [2.75, 3.05) is 0 Å². The molecule has 1 atom stereocenters. The molecule has 1 aromatic rings. The van der Waals surface area contributed by atoms with Gasteiger partial charge in [0.25, 0.3) is 11.8 Å². The summed E-state index contributed by atoms with van der Waals surface area (Å²) in [6.45, 7) is 5.00. The van der Waals surface area contributed by atoms with E-state index < -0.39 is 0 Å². The van der Waals surface area contributed by atoms with Crippen LogP contribution in [-0.2, 0) is 22.6 Å². The predicted molar refractivity (Wildman–Crippen MR) is 183 cm³/mol. The number of benzene rings is 1. The van der Waals surface area contributed by atoms with Crippen molar-refractivity contribution in [3.05, 3.63) is 46.5 Å². The average molecular weight is 592 g/mol. The van der Waals surface area contributed by atoms with E-state index in [1.54, 1.807) is 4.90 Å². The first-order chi connectivity index (χ1) is 21.2. The van der Waals surface area contributed by atoms with Crippen LogP contribution in [0.1, 0.15) is 185 Å². The third kappa shape index (κ3) is 12.6. The quantitative estimate of drug-likeness (QED) is 0.0837. The first-order valence-corrected chi connectivity index (χ1v) is 18.8. The van der Waals surface area contributed by atoms with Gasteiger partial charge in [-0.2, -0.15) is 0 Å². The number of amides is 2. The highest BCUT2D eigenvalue weighted by molar-refractivity contribution is 6.19. The minimum Gasteiger partial charge on any atom is -0.270 e. The molecule has 0 saturated heterocycles. The maximum atomic E-state index is 13.7. The number of imide groups is 1. The van der Waals surface area contributed by atoms with E-state index in [0.29, 0.717) is 6.54 Å². The monoisotopic (exact) mass is 592 g/mol. The summed E-state index contributed by atoms with van der Waals surface area (Å²) in [6, 6.07) is 8.49. The molecule has 0 saturated carbocycles. The van der Waals surface area contributed by atoms with Crippen LogP contribution in [0.2, 0.25) is 0 Å². The first kappa shape index (κ1) is 35.6. The zero-order valence-corrected chi connectivity index (χ0v) is 28.2. The summed E-state index contributed by atoms with van der Waals surface area (Å²) in [4.78, 5) is 28.8. The zero-order chi connectivity index (χ0) is 30.5. The van der Waals surface area contributed by atoms with Crippen LogP contribution in [0.15, 0.2) is 35.4 Å². The van der Waals surface area contributed by atoms with Crippen molar-refractivity contribution in [3.8, 4) is 0 Å². The minimum atomic E-state index is 0.00344. The Kier molecular flexibility index (Phi) is 18.0. The molecule has 2 bridgehead atoms. The molecule has 1 aromatic carbocycles. The van der Waals surface area contributed by atoms with Gasteiger partial charge in [-0.3, -0.25) is 14.5 Å². The van der Waals surface area contributed by atoms with Crippen LogP contribution in [0.5, 0.6) is 0 Å². The topological polar surface area (TPSA) is 37.4 Å². The van der Waals surface area contributed by atoms with E-state index in [9.17, 15) is 9.59 Å². The van der Waals surface area contributed by atoms with Gasteiger partial charge in [-0.15, -0.1) is 0 Å². The molecule has 0 spiro atoms. The number of fused-ring (bicyclic) bond motifs is 3. The number of hydrogen-bond donors (Lipinski definition) is 0. The van der Waals surface area contributed by atoms with Gasteiger partial charge < -0.3 is 0 Å². The molecule has 0 N–H and O–H groups in total. The molecule has 0 radical (unpaired) electrons. The molecule has 0 aromatic heterocycles. The van der Waals surface area contributed by atoms with Crippen molar-refractivity contribution >= 4 is 11.8 Å². The van der Waals surface area contributed by atoms with Gasteiger partial charge >= 0.3 is 0 Å². The first-order valence-electron chi connectivity index (χ1n) is 18.8. The summed E-state index contributed by atoms with van der Waals surface area (Å²) >= 11 is 0. The molecule has 0 fully saturated rings. The van der Waals surface area contributed by atoms with E-state index in [2.05, 4.69) is 32.0 Å². The normalized spacial score (nSPS) is 16.6. The second kappa shape index (κ2) is 21.7. The molecule has 2 aliphatic heterocycles. The highest BCUT2D eigenvalue weighted by atomic mass is 16.2. The SMILES string of the molecule is CCCCCCCCCCCCCCC1=C2C(=O)N(Cc3ccccc3CC2CCCCCCCCCCCCC)C1=O. The molecular formula is C40H65NO2. The lowest BCUT2D eigenvalue weighted by Gasteiger charge is -2.25. The largest absolute Gasteiger partial charge is 0.270 e. The van der Waals surface area contributed by atoms with Gasteiger partial charge in [-0.1, -0.05) is 179 Å². The summed E-state index contributed by atoms with van der Waals surface area (Å²) in [7, 11) is 0. The minimum absolute atomic E-state index is 0.00344. The molecule has 3 rings (SSSR count). The zero-order valence-electron chi connectivity index (χ0n) is 28.2. The van der Waals surface area contributed by atoms with Gasteiger partial charge in [0.05, 0.1) is 6.54 Å². The van der Waals surface area contributed by atoms with Crippen LogP contribution in [-0.4, -0.2) is 16.7 Å². The Bertz CT molecular complexity index is 963. The van der Waals surface area contributed by atoms with Gasteiger partial charge in [0.15, 0.2) is 0 Å². The molecule has 0 aliphatic carbocycles. The summed E-state index contributed by atoms with van der Waals surface area (Å²) in [5, 5.41) is 0. The van der Waals surface area contributed by atoms with Gasteiger partial charge in [0.2, 0.25) is 0 Å². The lowest BCUT2D eigenvalue weighted by molar-refractivity contribution is -0.138. The molecule has 2 amide bonds. The molecule has 43 heavy (non-hydrogen) atoms. The highest BCUT2D eigenvalue weighted by Crippen LogP contribution is 2.38. The van der Waals surface area contributed by atoms with E-state index in [1.165, 1.54) is 134 Å². The fourth-order valence-corrected chi connectivity index (χ4v) is 7.34. The Morgan fingerprint density at radius 3 is 1.51 bits per heavy atom. The van der Waals surface area contributed by atoms with Crippen molar-refractivity contribution in [1.82, 2.24) is 4.90 Å². The van der Waals surface area contributed by atoms with E-state index in [1.807, 2.05) is 6.07 Å². The van der Waals surface area contributed by atoms with Crippen LogP contribution in [0.4, 0.5) is 0 Å². The maximum Gasteiger partial charge on any atom is 0.257 e. The lowest BCUT2D eigenvalue weighted by Crippen LogP contribution is -2.34. The third-order valence-corrected chi connectivity index (χ3v) is 10.1. The maximum absolute atomic E-state index is 13.7. The van der Waals surface area contributed by atoms with Crippen molar-refractivity contribution in [3.63, 3.8) is 0 Å². The number of hydrogen-bond acceptors (Lipinski definition) is 2. The van der Waals surface area contributed by atoms with Crippen LogP contribution in [0, 0.1) is 5.92 Å². The van der Waals surface area contributed by atoms with Gasteiger partial charge in [-0.25, -0.2) is 0 Å². The molecule has 242 valence electrons. The standard InChI is InChI=1S/C40H65NO2/c1-3-5-7-9-11-13-15-17-19-21-23-25-31-37-38-35(29-24-22-20-18-16-14-12-10-8-6-4-2)32-34-28-26-27-30-36(34)33-41(39(37)42)40(38)43/h26-28,30,35H,3-25,29,31-33H2,1-2H3. The second-order valence-corrected chi connectivity index (χ2v) is 13.7. The van der Waals surface area contributed by atoms with Gasteiger partial charge in [0, 0.05) is 11.1 Å². The van der Waals surface area contributed by atoms with Crippen molar-refractivity contribution in [1.29, 1.82) is 0 Å². The summed E-state index contributed by atoms with van der Waals surface area (Å²) in [6.07, 6.45) is 33.1. The molecule has 2 aliphatic rings. The number of nitrogens with zero attached hydrogens (tertiary/aromatic N) is 1. The van der Waals surface area contributed by atoms with Crippen LogP contribution in [0.3, 0.4) is 0 Å². The average Bonchev–Trinajstić information content (AvgIpc) is 3.26. The fourth-order valence-electron chi connectivity index (χ4n) is 7.34. The fraction of sp³-hybridized carbons (Fsp3) is 0.750. The Labute approximate surface area is 265 Å². The summed E-state index contributed by atoms with van der Waals surface area (Å²) < 4.78 is 0. The second-order valence-electron chi connectivity index (χ2n) is 13.7. The predicted octanol–water partition coefficient (Wildman–Crippen LogP) is 11.8. The Balaban J connectivity index is 1.46. The summed E-state index contributed by atoms with van der Waals surface area (Å²) in [5.74, 6) is 0.194. The van der Waals surface area contributed by atoms with E-state index in [0.717, 1.165) is 55.2 Å². The lowest BCUT2D eigenvalue weighted by atomic mass is 9.82. The van der Waals surface area contributed by atoms with Gasteiger partial charge in [0.1, 0.15) is 0 Å². The Hall–Kier alpha value is -1.90. The van der Waals surface area contributed by atoms with Crippen molar-refractivity contribution < 1.29 is 9.59 Å². The smallest absolute Gasteiger partial charge is 0.257 e. The molecule has 1 unspecified atom stereocenters. The molecule has 3 nitrogen and oxygen atoms in total. The molecular weight excluding hydrogens is 526 g/mol. The Morgan fingerprint density at radius 2 is 1.00 bits per heavy atom. The number of unbranched alkanes of at least 4 members (excludes halogenated alkanes) is 21. The number of rotatable bonds is 25. The summed E-state index contributed by atoms with van der Waals surface area (Å²) in [5.41, 5.74) is 4.22. The van der Waals surface area contributed by atoms with E-state index >= 15 is 0 Å². The van der Waals surface area contributed by atoms with Crippen LogP contribution in [0.25, 0.3) is 0 Å². The van der Waals surface area contributed by atoms with Crippen LogP contribution < -0.4 is 0 Å². The number of carbonyl (C=O) groups is 2. The van der Waals surface area contributed by atoms with Crippen LogP contribution >= 0.6 is 0 Å². The molecule has 3 heteroatoms. The highest BCUT2D eigenvalue weighted by Gasteiger charge is 2.42. The van der Waals surface area contributed by atoms with E-state index in [-0.39, 0.29) is 17.7 Å². The molecule has 2 heterocycles.